The lowest BCUT2D eigenvalue weighted by Gasteiger charge is -2.16. The number of aliphatic carboxylic acids is 1. The van der Waals surface area contributed by atoms with Crippen LogP contribution in [0.4, 0.5) is 0 Å². The van der Waals surface area contributed by atoms with Crippen LogP contribution in [0.15, 0.2) is 6.20 Å². The molecule has 2 fully saturated rings. The Balaban J connectivity index is 1.68. The number of aliphatic hydroxyl groups excluding tert-OH is 1. The molecular formula is C12H16N4O4. The van der Waals surface area contributed by atoms with Crippen molar-refractivity contribution in [1.29, 1.82) is 0 Å². The van der Waals surface area contributed by atoms with E-state index >= 15 is 0 Å². The van der Waals surface area contributed by atoms with E-state index in [4.69, 9.17) is 5.11 Å². The first-order valence-electron chi connectivity index (χ1n) is 6.64. The predicted octanol–water partition coefficient (Wildman–Crippen LogP) is -0.794. The van der Waals surface area contributed by atoms with E-state index in [1.54, 1.807) is 4.90 Å². The van der Waals surface area contributed by atoms with Crippen LogP contribution in [0.3, 0.4) is 0 Å². The number of fused-ring (bicyclic) bond motifs is 1. The van der Waals surface area contributed by atoms with Gasteiger partial charge in [0.05, 0.1) is 12.3 Å². The highest BCUT2D eigenvalue weighted by Gasteiger charge is 2.43. The van der Waals surface area contributed by atoms with Gasteiger partial charge in [-0.25, -0.2) is 4.68 Å². The summed E-state index contributed by atoms with van der Waals surface area (Å²) >= 11 is 0. The van der Waals surface area contributed by atoms with Gasteiger partial charge in [-0.15, -0.1) is 5.10 Å². The minimum atomic E-state index is -1.03. The average molecular weight is 280 g/mol. The molecule has 3 unspecified atom stereocenters. The van der Waals surface area contributed by atoms with Crippen LogP contribution >= 0.6 is 0 Å². The van der Waals surface area contributed by atoms with Crippen molar-refractivity contribution < 1.29 is 19.8 Å². The van der Waals surface area contributed by atoms with Crippen molar-refractivity contribution >= 4 is 11.9 Å². The molecule has 1 aromatic rings. The van der Waals surface area contributed by atoms with E-state index in [0.29, 0.717) is 19.0 Å². The molecule has 2 aliphatic rings. The Kier molecular flexibility index (Phi) is 3.17. The van der Waals surface area contributed by atoms with Gasteiger partial charge in [-0.3, -0.25) is 9.59 Å². The van der Waals surface area contributed by atoms with E-state index in [9.17, 15) is 14.7 Å². The van der Waals surface area contributed by atoms with Crippen molar-refractivity contribution in [3.63, 3.8) is 0 Å². The fourth-order valence-corrected chi connectivity index (χ4v) is 3.18. The molecule has 2 N–H and O–H groups in total. The molecular weight excluding hydrogens is 264 g/mol. The summed E-state index contributed by atoms with van der Waals surface area (Å²) in [5.74, 6) is -0.757. The van der Waals surface area contributed by atoms with Gasteiger partial charge in [0, 0.05) is 19.0 Å². The van der Waals surface area contributed by atoms with Gasteiger partial charge in [-0.05, 0) is 18.8 Å². The van der Waals surface area contributed by atoms with Crippen LogP contribution in [0, 0.1) is 11.8 Å². The number of carbonyl (C=O) groups is 2. The molecule has 20 heavy (non-hydrogen) atoms. The second-order valence-electron chi connectivity index (χ2n) is 5.47. The predicted molar refractivity (Wildman–Crippen MR) is 65.8 cm³/mol. The van der Waals surface area contributed by atoms with Crippen molar-refractivity contribution in [3.05, 3.63) is 11.9 Å². The average Bonchev–Trinajstić information content (AvgIpc) is 3.06. The highest BCUT2D eigenvalue weighted by Crippen LogP contribution is 2.38. The molecule has 1 saturated carbocycles. The Morgan fingerprint density at radius 2 is 2.15 bits per heavy atom. The fraction of sp³-hybridized carbons (Fsp3) is 0.667. The number of carboxylic acid groups (broad SMARTS) is 1. The first-order chi connectivity index (χ1) is 9.54. The second kappa shape index (κ2) is 4.86. The van der Waals surface area contributed by atoms with Crippen LogP contribution in [0.5, 0.6) is 0 Å². The summed E-state index contributed by atoms with van der Waals surface area (Å²) in [7, 11) is 0. The van der Waals surface area contributed by atoms with Crippen LogP contribution in [0.1, 0.15) is 23.3 Å². The molecule has 0 bridgehead atoms. The Hall–Kier alpha value is -1.96. The number of hydrogen-bond acceptors (Lipinski definition) is 5. The Morgan fingerprint density at radius 3 is 2.85 bits per heavy atom. The maximum Gasteiger partial charge on any atom is 0.325 e. The Morgan fingerprint density at radius 1 is 1.35 bits per heavy atom. The summed E-state index contributed by atoms with van der Waals surface area (Å²) in [6.45, 7) is 0.854. The van der Waals surface area contributed by atoms with E-state index < -0.39 is 5.97 Å². The van der Waals surface area contributed by atoms with Crippen molar-refractivity contribution in [2.45, 2.75) is 25.5 Å². The molecule has 1 aliphatic heterocycles. The van der Waals surface area contributed by atoms with Gasteiger partial charge < -0.3 is 15.1 Å². The molecule has 1 amide bonds. The van der Waals surface area contributed by atoms with E-state index in [0.717, 1.165) is 17.5 Å². The highest BCUT2D eigenvalue weighted by atomic mass is 16.4. The van der Waals surface area contributed by atoms with Gasteiger partial charge in [0.25, 0.3) is 5.91 Å². The van der Waals surface area contributed by atoms with E-state index in [2.05, 4.69) is 10.3 Å². The number of carboxylic acids is 1. The van der Waals surface area contributed by atoms with E-state index in [1.165, 1.54) is 6.20 Å². The first kappa shape index (κ1) is 13.0. The number of nitrogens with zero attached hydrogens (tertiary/aromatic N) is 4. The first-order valence-corrected chi connectivity index (χ1v) is 6.64. The van der Waals surface area contributed by atoms with Gasteiger partial charge in [0.15, 0.2) is 5.69 Å². The van der Waals surface area contributed by atoms with E-state index in [1.807, 2.05) is 0 Å². The zero-order valence-corrected chi connectivity index (χ0v) is 10.8. The molecule has 1 aliphatic carbocycles. The Bertz CT molecular complexity index is 543. The third-order valence-corrected chi connectivity index (χ3v) is 4.16. The molecule has 3 rings (SSSR count). The van der Waals surface area contributed by atoms with E-state index in [-0.39, 0.29) is 30.2 Å². The Labute approximate surface area is 115 Å². The number of amides is 1. The number of hydrogen-bond donors (Lipinski definition) is 2. The lowest BCUT2D eigenvalue weighted by molar-refractivity contribution is -0.137. The summed E-state index contributed by atoms with van der Waals surface area (Å²) in [5.41, 5.74) is 0.153. The maximum atomic E-state index is 12.3. The van der Waals surface area contributed by atoms with Crippen molar-refractivity contribution in [1.82, 2.24) is 19.9 Å². The number of aromatic nitrogens is 3. The topological polar surface area (TPSA) is 109 Å². The number of carbonyl (C=O) groups excluding carboxylic acids is 1. The summed E-state index contributed by atoms with van der Waals surface area (Å²) in [5, 5.41) is 25.8. The fourth-order valence-electron chi connectivity index (χ4n) is 3.18. The smallest absolute Gasteiger partial charge is 0.325 e. The lowest BCUT2D eigenvalue weighted by Crippen LogP contribution is -2.31. The van der Waals surface area contributed by atoms with Crippen molar-refractivity contribution in [2.24, 2.45) is 11.8 Å². The minimum absolute atomic E-state index is 0.153. The standard InChI is InChI=1S/C12H16N4O4/c17-10-2-1-7-3-15(4-8(7)10)12(20)9-5-16(14-13-9)6-11(18)19/h5,7-8,10,17H,1-4,6H2,(H,18,19). The molecule has 8 heteroatoms. The van der Waals surface area contributed by atoms with Gasteiger partial charge in [-0.2, -0.15) is 0 Å². The van der Waals surface area contributed by atoms with Gasteiger partial charge in [-0.1, -0.05) is 5.21 Å². The molecule has 0 spiro atoms. The molecule has 0 radical (unpaired) electrons. The summed E-state index contributed by atoms with van der Waals surface area (Å²) in [6.07, 6.45) is 2.79. The largest absolute Gasteiger partial charge is 0.480 e. The SMILES string of the molecule is O=C(O)Cn1cc(C(=O)N2CC3CCC(O)C3C2)nn1. The molecule has 108 valence electrons. The van der Waals surface area contributed by atoms with Gasteiger partial charge in [0.2, 0.25) is 0 Å². The summed E-state index contributed by atoms with van der Waals surface area (Å²) < 4.78 is 1.13. The number of rotatable bonds is 3. The minimum Gasteiger partial charge on any atom is -0.480 e. The monoisotopic (exact) mass is 280 g/mol. The third kappa shape index (κ3) is 2.26. The van der Waals surface area contributed by atoms with Crippen LogP contribution in [-0.4, -0.2) is 61.2 Å². The third-order valence-electron chi connectivity index (χ3n) is 4.16. The van der Waals surface area contributed by atoms with Crippen LogP contribution in [-0.2, 0) is 11.3 Å². The second-order valence-corrected chi connectivity index (χ2v) is 5.47. The highest BCUT2D eigenvalue weighted by molar-refractivity contribution is 5.92. The summed E-state index contributed by atoms with van der Waals surface area (Å²) in [6, 6.07) is 0. The zero-order valence-electron chi connectivity index (χ0n) is 10.8. The van der Waals surface area contributed by atoms with Crippen LogP contribution in [0.25, 0.3) is 0 Å². The maximum absolute atomic E-state index is 12.3. The molecule has 8 nitrogen and oxygen atoms in total. The number of aliphatic hydroxyl groups is 1. The molecule has 0 aromatic carbocycles. The molecule has 1 saturated heterocycles. The molecule has 3 atom stereocenters. The summed E-state index contributed by atoms with van der Waals surface area (Å²) in [4.78, 5) is 24.5. The normalized spacial score (nSPS) is 28.6. The number of likely N-dealkylation sites (tertiary alicyclic amines) is 1. The van der Waals surface area contributed by atoms with Crippen molar-refractivity contribution in [3.8, 4) is 0 Å². The van der Waals surface area contributed by atoms with Gasteiger partial charge >= 0.3 is 5.97 Å². The molecule has 1 aromatic heterocycles. The molecule has 2 heterocycles. The quantitative estimate of drug-likeness (QED) is 0.750. The van der Waals surface area contributed by atoms with Gasteiger partial charge in [0.1, 0.15) is 6.54 Å². The lowest BCUT2D eigenvalue weighted by atomic mass is 10.00. The van der Waals surface area contributed by atoms with Crippen LogP contribution < -0.4 is 0 Å². The van der Waals surface area contributed by atoms with Crippen LogP contribution in [0.2, 0.25) is 0 Å². The zero-order chi connectivity index (χ0) is 14.3. The van der Waals surface area contributed by atoms with Crippen molar-refractivity contribution in [2.75, 3.05) is 13.1 Å².